The zero-order valence-corrected chi connectivity index (χ0v) is 18.1. The topological polar surface area (TPSA) is 32.8 Å². The second kappa shape index (κ2) is 7.69. The van der Waals surface area contributed by atoms with E-state index in [2.05, 4.69) is 0 Å². The summed E-state index contributed by atoms with van der Waals surface area (Å²) >= 11 is 0. The molecule has 0 atom stereocenters. The van der Waals surface area contributed by atoms with E-state index in [0.29, 0.717) is 5.57 Å². The first-order valence-corrected chi connectivity index (χ1v) is 10.5. The monoisotopic (exact) mass is 450 g/mol. The molecule has 0 saturated carbocycles. The number of anilines is 3. The molecule has 2 aliphatic rings. The Bertz CT molecular complexity index is 1280. The number of hydrogen-bond donors (Lipinski definition) is 0. The van der Waals surface area contributed by atoms with Gasteiger partial charge in [0.15, 0.2) is 5.78 Å². The van der Waals surface area contributed by atoms with E-state index in [9.17, 15) is 18.0 Å². The van der Waals surface area contributed by atoms with E-state index in [1.54, 1.807) is 11.0 Å². The lowest BCUT2D eigenvalue weighted by molar-refractivity contribution is -0.137. The van der Waals surface area contributed by atoms with E-state index in [4.69, 9.17) is 4.74 Å². The molecule has 2 aliphatic heterocycles. The number of halogens is 3. The number of fused-ring (bicyclic) bond motifs is 2. The molecule has 0 saturated heterocycles. The molecule has 3 aromatic carbocycles. The summed E-state index contributed by atoms with van der Waals surface area (Å²) in [5, 5.41) is 0. The van der Waals surface area contributed by atoms with Gasteiger partial charge in [-0.05, 0) is 42.0 Å². The lowest BCUT2D eigenvalue weighted by Gasteiger charge is -2.34. The number of carbonyl (C=O) groups is 1. The molecule has 168 valence electrons. The van der Waals surface area contributed by atoms with Crippen LogP contribution in [-0.2, 0) is 12.8 Å². The number of para-hydroxylation sites is 1. The number of alkyl halides is 3. The highest BCUT2D eigenvalue weighted by Crippen LogP contribution is 2.49. The van der Waals surface area contributed by atoms with Crippen LogP contribution in [0.5, 0.6) is 5.75 Å². The molecule has 0 N–H and O–H groups in total. The second-order valence-electron chi connectivity index (χ2n) is 8.32. The molecule has 0 amide bonds. The molecule has 0 fully saturated rings. The summed E-state index contributed by atoms with van der Waals surface area (Å²) in [7, 11) is 3.84. The summed E-state index contributed by atoms with van der Waals surface area (Å²) in [5.41, 5.74) is 2.47. The third-order valence-corrected chi connectivity index (χ3v) is 5.98. The number of benzene rings is 3. The molecule has 5 rings (SSSR count). The molecule has 3 aromatic rings. The van der Waals surface area contributed by atoms with Crippen molar-refractivity contribution in [1.29, 1.82) is 0 Å². The predicted octanol–water partition coefficient (Wildman–Crippen LogP) is 6.08. The normalized spacial score (nSPS) is 16.1. The molecule has 33 heavy (non-hydrogen) atoms. The minimum atomic E-state index is -4.67. The quantitative estimate of drug-likeness (QED) is 0.443. The molecule has 2 heterocycles. The van der Waals surface area contributed by atoms with Crippen molar-refractivity contribution < 1.29 is 22.7 Å². The molecule has 0 aromatic heterocycles. The molecule has 0 bridgehead atoms. The number of carbonyl (C=O) groups excluding carboxylic acids is 1. The van der Waals surface area contributed by atoms with Gasteiger partial charge < -0.3 is 14.5 Å². The van der Waals surface area contributed by atoms with Gasteiger partial charge in [-0.1, -0.05) is 30.3 Å². The molecule has 0 spiro atoms. The van der Waals surface area contributed by atoms with E-state index in [1.807, 2.05) is 67.5 Å². The van der Waals surface area contributed by atoms with Gasteiger partial charge in [0.1, 0.15) is 12.4 Å². The molecular formula is C26H21F3N2O2. The largest absolute Gasteiger partial charge is 0.487 e. The van der Waals surface area contributed by atoms with Crippen LogP contribution in [0.1, 0.15) is 27.0 Å². The number of ketones is 1. The van der Waals surface area contributed by atoms with Crippen LogP contribution < -0.4 is 14.5 Å². The van der Waals surface area contributed by atoms with E-state index in [1.165, 1.54) is 6.07 Å². The number of nitrogens with zero attached hydrogens (tertiary/aromatic N) is 2. The average Bonchev–Trinajstić information content (AvgIpc) is 2.94. The van der Waals surface area contributed by atoms with E-state index < -0.39 is 17.5 Å². The maximum Gasteiger partial charge on any atom is 0.417 e. The highest BCUT2D eigenvalue weighted by Gasteiger charge is 2.43. The lowest BCUT2D eigenvalue weighted by atomic mass is 9.89. The van der Waals surface area contributed by atoms with Gasteiger partial charge in [-0.2, -0.15) is 13.2 Å². The zero-order chi connectivity index (χ0) is 23.3. The number of ether oxygens (including phenoxy) is 1. The zero-order valence-electron chi connectivity index (χ0n) is 18.1. The third kappa shape index (κ3) is 3.63. The predicted molar refractivity (Wildman–Crippen MR) is 122 cm³/mol. The first-order valence-electron chi connectivity index (χ1n) is 10.5. The average molecular weight is 450 g/mol. The minimum Gasteiger partial charge on any atom is -0.487 e. The number of Topliss-reactive ketones (excluding diaryl/α,β-unsaturated/α-hetero) is 1. The van der Waals surface area contributed by atoms with Gasteiger partial charge in [0.2, 0.25) is 0 Å². The third-order valence-electron chi connectivity index (χ3n) is 5.98. The Morgan fingerprint density at radius 1 is 1.00 bits per heavy atom. The van der Waals surface area contributed by atoms with E-state index in [-0.39, 0.29) is 30.2 Å². The fourth-order valence-electron chi connectivity index (χ4n) is 4.34. The van der Waals surface area contributed by atoms with Crippen LogP contribution >= 0.6 is 0 Å². The van der Waals surface area contributed by atoms with E-state index in [0.717, 1.165) is 28.6 Å². The van der Waals surface area contributed by atoms with Gasteiger partial charge in [-0.3, -0.25) is 4.79 Å². The Hall–Kier alpha value is -3.74. The molecular weight excluding hydrogens is 429 g/mol. The first kappa shape index (κ1) is 21.1. The SMILES string of the molecule is CN(C)c1ccc(/C=C2/CN3c4ccccc4COc4ccc(C(F)(F)F)c(c43)C2=O)cc1. The van der Waals surface area contributed by atoms with Crippen molar-refractivity contribution in [3.8, 4) is 5.75 Å². The molecule has 4 nitrogen and oxygen atoms in total. The van der Waals surface area contributed by atoms with Crippen LogP contribution in [0.15, 0.2) is 66.2 Å². The standard InChI is InChI=1S/C26H21F3N2O2/c1-30(2)19-9-7-16(8-10-19)13-18-14-31-21-6-4-3-5-17(21)15-33-22-12-11-20(26(27,28)29)23(24(22)31)25(18)32/h3-13H,14-15H2,1-2H3/b18-13-. The minimum absolute atomic E-state index is 0.149. The number of hydrogen-bond acceptors (Lipinski definition) is 4. The Labute approximate surface area is 189 Å². The Balaban J connectivity index is 1.71. The van der Waals surface area contributed by atoms with Crippen molar-refractivity contribution in [3.63, 3.8) is 0 Å². The highest BCUT2D eigenvalue weighted by molar-refractivity contribution is 6.19. The van der Waals surface area contributed by atoms with Gasteiger partial charge in [-0.25, -0.2) is 0 Å². The summed E-state index contributed by atoms with van der Waals surface area (Å²) < 4.78 is 47.7. The smallest absolute Gasteiger partial charge is 0.417 e. The summed E-state index contributed by atoms with van der Waals surface area (Å²) in [4.78, 5) is 17.2. The molecule has 0 unspecified atom stereocenters. The Morgan fingerprint density at radius 2 is 1.73 bits per heavy atom. The maximum atomic E-state index is 14.0. The molecule has 7 heteroatoms. The van der Waals surface area contributed by atoms with Crippen molar-refractivity contribution in [1.82, 2.24) is 0 Å². The molecule has 0 radical (unpaired) electrons. The number of rotatable bonds is 2. The fraction of sp³-hybridized carbons (Fsp3) is 0.192. The van der Waals surface area contributed by atoms with Crippen LogP contribution in [0.2, 0.25) is 0 Å². The summed E-state index contributed by atoms with van der Waals surface area (Å²) in [5.74, 6) is -0.355. The highest BCUT2D eigenvalue weighted by atomic mass is 19.4. The van der Waals surface area contributed by atoms with Gasteiger partial charge >= 0.3 is 6.18 Å². The van der Waals surface area contributed by atoms with Crippen molar-refractivity contribution in [3.05, 3.63) is 88.5 Å². The maximum absolute atomic E-state index is 14.0. The van der Waals surface area contributed by atoms with E-state index >= 15 is 0 Å². The van der Waals surface area contributed by atoms with Crippen LogP contribution in [0.4, 0.5) is 30.2 Å². The summed E-state index contributed by atoms with van der Waals surface area (Å²) in [6.07, 6.45) is -3.00. The van der Waals surface area contributed by atoms with Crippen LogP contribution in [-0.4, -0.2) is 26.4 Å². The fourth-order valence-corrected chi connectivity index (χ4v) is 4.34. The second-order valence-corrected chi connectivity index (χ2v) is 8.32. The van der Waals surface area contributed by atoms with Gasteiger partial charge in [0, 0.05) is 36.6 Å². The van der Waals surface area contributed by atoms with Gasteiger partial charge in [0.05, 0.1) is 23.4 Å². The summed E-state index contributed by atoms with van der Waals surface area (Å²) in [6, 6.07) is 17.2. The Morgan fingerprint density at radius 3 is 2.42 bits per heavy atom. The van der Waals surface area contributed by atoms with Crippen molar-refractivity contribution in [2.45, 2.75) is 12.8 Å². The lowest BCUT2D eigenvalue weighted by Crippen LogP contribution is -2.32. The van der Waals surface area contributed by atoms with Crippen molar-refractivity contribution in [2.24, 2.45) is 0 Å². The van der Waals surface area contributed by atoms with Gasteiger partial charge in [0.25, 0.3) is 0 Å². The summed E-state index contributed by atoms with van der Waals surface area (Å²) in [6.45, 7) is 0.361. The first-order chi connectivity index (χ1) is 15.7. The van der Waals surface area contributed by atoms with Crippen LogP contribution in [0, 0.1) is 0 Å². The molecule has 0 aliphatic carbocycles. The van der Waals surface area contributed by atoms with Crippen LogP contribution in [0.25, 0.3) is 6.08 Å². The Kier molecular flexibility index (Phi) is 4.92. The van der Waals surface area contributed by atoms with Gasteiger partial charge in [-0.15, -0.1) is 0 Å². The van der Waals surface area contributed by atoms with Crippen molar-refractivity contribution in [2.75, 3.05) is 30.4 Å². The van der Waals surface area contributed by atoms with Crippen molar-refractivity contribution >= 4 is 28.9 Å². The van der Waals surface area contributed by atoms with Crippen LogP contribution in [0.3, 0.4) is 0 Å².